The molecule has 0 aliphatic carbocycles. The number of piperidine rings is 1. The number of benzene rings is 1. The first-order valence-corrected chi connectivity index (χ1v) is 7.27. The first-order valence-electron chi connectivity index (χ1n) is 7.27. The number of β-amino-alcohol motifs (C(OH)–C–C–N with tert-alkyl or cyclic N) is 1. The van der Waals surface area contributed by atoms with E-state index in [1.807, 2.05) is 42.7 Å². The highest BCUT2D eigenvalue weighted by atomic mass is 16.3. The number of imidazole rings is 1. The first kappa shape index (κ1) is 13.3. The smallest absolute Gasteiger partial charge is 0.110 e. The van der Waals surface area contributed by atoms with Gasteiger partial charge in [-0.15, -0.1) is 0 Å². The molecule has 2 heterocycles. The van der Waals surface area contributed by atoms with Crippen LogP contribution < -0.4 is 0 Å². The molecule has 0 radical (unpaired) electrons. The van der Waals surface area contributed by atoms with Gasteiger partial charge in [-0.05, 0) is 24.9 Å². The summed E-state index contributed by atoms with van der Waals surface area (Å²) in [6.45, 7) is 2.72. The van der Waals surface area contributed by atoms with Crippen molar-refractivity contribution in [1.82, 2.24) is 14.9 Å². The third-order valence-corrected chi connectivity index (χ3v) is 4.03. The van der Waals surface area contributed by atoms with Gasteiger partial charge in [-0.25, -0.2) is 4.98 Å². The molecule has 20 heavy (non-hydrogen) atoms. The Balaban J connectivity index is 1.60. The Kier molecular flexibility index (Phi) is 4.14. The third kappa shape index (κ3) is 3.08. The number of aromatic nitrogens is 2. The van der Waals surface area contributed by atoms with E-state index in [0.29, 0.717) is 12.5 Å². The summed E-state index contributed by atoms with van der Waals surface area (Å²) in [6.07, 6.45) is 5.62. The highest BCUT2D eigenvalue weighted by molar-refractivity contribution is 5.17. The molecule has 1 aromatic carbocycles. The lowest BCUT2D eigenvalue weighted by Gasteiger charge is -2.33. The molecule has 1 aliphatic heterocycles. The maximum Gasteiger partial charge on any atom is 0.110 e. The van der Waals surface area contributed by atoms with Crippen LogP contribution in [0.4, 0.5) is 0 Å². The van der Waals surface area contributed by atoms with Gasteiger partial charge in [0.2, 0.25) is 0 Å². The summed E-state index contributed by atoms with van der Waals surface area (Å²) in [7, 11) is 0. The fraction of sp³-hybridized carbons (Fsp3) is 0.438. The second kappa shape index (κ2) is 6.20. The number of aliphatic hydroxyl groups excluding tert-OH is 1. The molecule has 1 saturated heterocycles. The molecule has 0 bridgehead atoms. The number of hydrogen-bond acceptors (Lipinski definition) is 3. The van der Waals surface area contributed by atoms with Gasteiger partial charge in [-0.3, -0.25) is 4.90 Å². The SMILES string of the molecule is OC(CN1CCCC(c2ncc[nH]2)C1)c1ccccc1. The van der Waals surface area contributed by atoms with Gasteiger partial charge >= 0.3 is 0 Å². The van der Waals surface area contributed by atoms with Crippen molar-refractivity contribution in [2.45, 2.75) is 24.9 Å². The molecule has 2 atom stereocenters. The van der Waals surface area contributed by atoms with Crippen molar-refractivity contribution < 1.29 is 5.11 Å². The number of rotatable bonds is 4. The van der Waals surface area contributed by atoms with E-state index in [9.17, 15) is 5.11 Å². The third-order valence-electron chi connectivity index (χ3n) is 4.03. The highest BCUT2D eigenvalue weighted by Crippen LogP contribution is 2.25. The number of likely N-dealkylation sites (tertiary alicyclic amines) is 1. The summed E-state index contributed by atoms with van der Waals surface area (Å²) in [5.41, 5.74) is 0.993. The zero-order chi connectivity index (χ0) is 13.8. The Morgan fingerprint density at radius 2 is 2.20 bits per heavy atom. The van der Waals surface area contributed by atoms with Crippen LogP contribution in [0.3, 0.4) is 0 Å². The second-order valence-electron chi connectivity index (χ2n) is 5.50. The van der Waals surface area contributed by atoms with Crippen LogP contribution in [0.1, 0.15) is 36.3 Å². The van der Waals surface area contributed by atoms with Crippen LogP contribution in [-0.4, -0.2) is 39.6 Å². The lowest BCUT2D eigenvalue weighted by molar-refractivity contribution is 0.0946. The predicted molar refractivity (Wildman–Crippen MR) is 78.4 cm³/mol. The Hall–Kier alpha value is -1.65. The Labute approximate surface area is 119 Å². The summed E-state index contributed by atoms with van der Waals surface area (Å²) >= 11 is 0. The van der Waals surface area contributed by atoms with Crippen molar-refractivity contribution in [2.75, 3.05) is 19.6 Å². The molecule has 2 unspecified atom stereocenters. The average Bonchev–Trinajstić information content (AvgIpc) is 3.03. The van der Waals surface area contributed by atoms with E-state index in [2.05, 4.69) is 14.9 Å². The molecule has 106 valence electrons. The van der Waals surface area contributed by atoms with E-state index in [1.54, 1.807) is 0 Å². The van der Waals surface area contributed by atoms with Gasteiger partial charge in [0.1, 0.15) is 5.82 Å². The van der Waals surface area contributed by atoms with Crippen molar-refractivity contribution in [3.63, 3.8) is 0 Å². The summed E-state index contributed by atoms with van der Waals surface area (Å²) in [5.74, 6) is 1.53. The zero-order valence-electron chi connectivity index (χ0n) is 11.6. The average molecular weight is 271 g/mol. The van der Waals surface area contributed by atoms with Crippen LogP contribution in [-0.2, 0) is 0 Å². The van der Waals surface area contributed by atoms with E-state index >= 15 is 0 Å². The van der Waals surface area contributed by atoms with E-state index < -0.39 is 6.10 Å². The Morgan fingerprint density at radius 3 is 2.95 bits per heavy atom. The summed E-state index contributed by atoms with van der Waals surface area (Å²) in [4.78, 5) is 9.92. The van der Waals surface area contributed by atoms with Crippen LogP contribution in [0.25, 0.3) is 0 Å². The van der Waals surface area contributed by atoms with Gasteiger partial charge in [-0.2, -0.15) is 0 Å². The molecule has 1 fully saturated rings. The molecule has 2 aromatic rings. The Bertz CT molecular complexity index is 512. The van der Waals surface area contributed by atoms with Crippen LogP contribution >= 0.6 is 0 Å². The zero-order valence-corrected chi connectivity index (χ0v) is 11.6. The predicted octanol–water partition coefficient (Wildman–Crippen LogP) is 2.32. The summed E-state index contributed by atoms with van der Waals surface area (Å²) in [6, 6.07) is 9.89. The van der Waals surface area contributed by atoms with Crippen molar-refractivity contribution in [1.29, 1.82) is 0 Å². The summed E-state index contributed by atoms with van der Waals surface area (Å²) < 4.78 is 0. The number of nitrogens with zero attached hydrogens (tertiary/aromatic N) is 2. The fourth-order valence-electron chi connectivity index (χ4n) is 2.97. The van der Waals surface area contributed by atoms with Crippen LogP contribution in [0.2, 0.25) is 0 Å². The number of nitrogens with one attached hydrogen (secondary N) is 1. The molecule has 4 nitrogen and oxygen atoms in total. The topological polar surface area (TPSA) is 52.1 Å². The van der Waals surface area contributed by atoms with Gasteiger partial charge in [0.05, 0.1) is 6.10 Å². The Morgan fingerprint density at radius 1 is 1.35 bits per heavy atom. The van der Waals surface area contributed by atoms with Crippen molar-refractivity contribution in [3.8, 4) is 0 Å². The van der Waals surface area contributed by atoms with Crippen LogP contribution in [0, 0.1) is 0 Å². The van der Waals surface area contributed by atoms with Crippen molar-refractivity contribution >= 4 is 0 Å². The van der Waals surface area contributed by atoms with E-state index in [0.717, 1.165) is 30.9 Å². The van der Waals surface area contributed by atoms with E-state index in [-0.39, 0.29) is 0 Å². The standard InChI is InChI=1S/C16H21N3O/c20-15(13-5-2-1-3-6-13)12-19-10-4-7-14(11-19)16-17-8-9-18-16/h1-3,5-6,8-9,14-15,20H,4,7,10-12H2,(H,17,18). The van der Waals surface area contributed by atoms with Gasteiger partial charge in [0, 0.05) is 31.4 Å². The minimum absolute atomic E-state index is 0.411. The van der Waals surface area contributed by atoms with E-state index in [4.69, 9.17) is 0 Å². The van der Waals surface area contributed by atoms with Crippen LogP contribution in [0.15, 0.2) is 42.7 Å². The van der Waals surface area contributed by atoms with E-state index in [1.165, 1.54) is 6.42 Å². The minimum Gasteiger partial charge on any atom is -0.387 e. The highest BCUT2D eigenvalue weighted by Gasteiger charge is 2.24. The second-order valence-corrected chi connectivity index (χ2v) is 5.50. The van der Waals surface area contributed by atoms with Gasteiger partial charge in [0.25, 0.3) is 0 Å². The van der Waals surface area contributed by atoms with Gasteiger partial charge in [-0.1, -0.05) is 30.3 Å². The largest absolute Gasteiger partial charge is 0.387 e. The molecule has 2 N–H and O–H groups in total. The van der Waals surface area contributed by atoms with Gasteiger partial charge < -0.3 is 10.1 Å². The molecule has 4 heteroatoms. The lowest BCUT2D eigenvalue weighted by Crippen LogP contribution is -2.37. The maximum absolute atomic E-state index is 10.3. The molecule has 1 aromatic heterocycles. The number of hydrogen-bond donors (Lipinski definition) is 2. The van der Waals surface area contributed by atoms with Crippen LogP contribution in [0.5, 0.6) is 0 Å². The first-order chi connectivity index (χ1) is 9.83. The number of H-pyrrole nitrogens is 1. The molecule has 3 rings (SSSR count). The summed E-state index contributed by atoms with van der Waals surface area (Å²) in [5, 5.41) is 10.3. The number of aromatic amines is 1. The molecule has 1 aliphatic rings. The van der Waals surface area contributed by atoms with Gasteiger partial charge in [0.15, 0.2) is 0 Å². The monoisotopic (exact) mass is 271 g/mol. The van der Waals surface area contributed by atoms with Crippen molar-refractivity contribution in [2.24, 2.45) is 0 Å². The normalized spacial score (nSPS) is 21.8. The molecule has 0 saturated carbocycles. The quantitative estimate of drug-likeness (QED) is 0.897. The molecular weight excluding hydrogens is 250 g/mol. The maximum atomic E-state index is 10.3. The molecule has 0 amide bonds. The van der Waals surface area contributed by atoms with Crippen molar-refractivity contribution in [3.05, 3.63) is 54.1 Å². The molecule has 0 spiro atoms. The fourth-order valence-corrected chi connectivity index (χ4v) is 2.97. The number of aliphatic hydroxyl groups is 1. The minimum atomic E-state index is -0.411. The molecular formula is C16H21N3O. The lowest BCUT2D eigenvalue weighted by atomic mass is 9.96.